The maximum atomic E-state index is 11.8. The molecule has 1 unspecified atom stereocenters. The molecule has 0 amide bonds. The van der Waals surface area contributed by atoms with Crippen LogP contribution in [0.25, 0.3) is 0 Å². The zero-order valence-electron chi connectivity index (χ0n) is 16.5. The van der Waals surface area contributed by atoms with Gasteiger partial charge in [-0.1, -0.05) is 30.3 Å². The Morgan fingerprint density at radius 2 is 1.89 bits per heavy atom. The van der Waals surface area contributed by atoms with Crippen LogP contribution >= 0.6 is 0 Å². The lowest BCUT2D eigenvalue weighted by Gasteiger charge is -2.30. The topological polar surface area (TPSA) is 66.4 Å². The molecule has 0 saturated carbocycles. The first-order valence-electron chi connectivity index (χ1n) is 9.34. The molecule has 0 aliphatic carbocycles. The van der Waals surface area contributed by atoms with Crippen molar-refractivity contribution in [2.75, 3.05) is 28.4 Å². The molecule has 3 rings (SSSR count). The number of aryl methyl sites for hydroxylation is 1. The molecule has 1 aliphatic rings. The van der Waals surface area contributed by atoms with Gasteiger partial charge in [-0.25, -0.2) is 13.4 Å². The first-order valence-corrected chi connectivity index (χ1v) is 11.2. The predicted molar refractivity (Wildman–Crippen MR) is 110 cm³/mol. The highest BCUT2D eigenvalue weighted by Crippen LogP contribution is 2.25. The average molecular weight is 389 g/mol. The van der Waals surface area contributed by atoms with Gasteiger partial charge in [-0.15, -0.1) is 0 Å². The molecule has 0 radical (unpaired) electrons. The lowest BCUT2D eigenvalue weighted by atomic mass is 10.2. The lowest BCUT2D eigenvalue weighted by Crippen LogP contribution is -2.35. The molecule has 6 nitrogen and oxygen atoms in total. The first-order chi connectivity index (χ1) is 12.7. The number of aromatic nitrogens is 2. The number of benzene rings is 1. The number of hydrogen-bond donors (Lipinski definition) is 0. The van der Waals surface area contributed by atoms with Gasteiger partial charge in [-0.05, 0) is 32.8 Å². The van der Waals surface area contributed by atoms with Crippen LogP contribution in [0.4, 0.5) is 11.8 Å². The summed E-state index contributed by atoms with van der Waals surface area (Å²) in [6.07, 6.45) is 0.628. The van der Waals surface area contributed by atoms with Crippen LogP contribution < -0.4 is 9.80 Å². The van der Waals surface area contributed by atoms with E-state index in [0.29, 0.717) is 12.4 Å². The van der Waals surface area contributed by atoms with Crippen molar-refractivity contribution in [1.82, 2.24) is 9.97 Å². The first kappa shape index (κ1) is 19.6. The van der Waals surface area contributed by atoms with Crippen LogP contribution in [0.2, 0.25) is 0 Å². The minimum Gasteiger partial charge on any atom is -0.350 e. The van der Waals surface area contributed by atoms with E-state index in [1.165, 1.54) is 5.56 Å². The maximum Gasteiger partial charge on any atom is 0.227 e. The smallest absolute Gasteiger partial charge is 0.227 e. The van der Waals surface area contributed by atoms with Crippen molar-refractivity contribution in [1.29, 1.82) is 0 Å². The Hall–Kier alpha value is -2.15. The highest BCUT2D eigenvalue weighted by Gasteiger charge is 2.32. The summed E-state index contributed by atoms with van der Waals surface area (Å²) in [4.78, 5) is 13.5. The van der Waals surface area contributed by atoms with Crippen molar-refractivity contribution in [2.45, 2.75) is 45.8 Å². The van der Waals surface area contributed by atoms with Gasteiger partial charge in [0.05, 0.1) is 11.5 Å². The van der Waals surface area contributed by atoms with Crippen LogP contribution in [0, 0.1) is 6.92 Å². The van der Waals surface area contributed by atoms with Gasteiger partial charge in [0.25, 0.3) is 0 Å². The fraction of sp³-hybridized carbons (Fsp3) is 0.500. The van der Waals surface area contributed by atoms with Crippen molar-refractivity contribution < 1.29 is 8.42 Å². The summed E-state index contributed by atoms with van der Waals surface area (Å²) in [5.41, 5.74) is 2.10. The molecule has 0 spiro atoms. The van der Waals surface area contributed by atoms with Crippen LogP contribution in [-0.2, 0) is 16.4 Å². The number of anilines is 2. The van der Waals surface area contributed by atoms with Gasteiger partial charge in [-0.3, -0.25) is 0 Å². The maximum absolute atomic E-state index is 11.8. The van der Waals surface area contributed by atoms with E-state index in [1.807, 2.05) is 43.1 Å². The summed E-state index contributed by atoms with van der Waals surface area (Å²) in [7, 11) is -1.06. The molecule has 146 valence electrons. The normalized spacial score (nSPS) is 18.6. The van der Waals surface area contributed by atoms with E-state index in [4.69, 9.17) is 4.98 Å². The highest BCUT2D eigenvalue weighted by atomic mass is 32.2. The third kappa shape index (κ3) is 4.77. The Bertz CT molecular complexity index is 884. The molecule has 0 bridgehead atoms. The van der Waals surface area contributed by atoms with Crippen molar-refractivity contribution in [3.8, 4) is 0 Å². The summed E-state index contributed by atoms with van der Waals surface area (Å²) in [6.45, 7) is 7.01. The minimum atomic E-state index is -2.95. The van der Waals surface area contributed by atoms with E-state index in [9.17, 15) is 8.42 Å². The van der Waals surface area contributed by atoms with E-state index in [0.717, 1.165) is 18.1 Å². The fourth-order valence-electron chi connectivity index (χ4n) is 3.39. The molecule has 1 atom stereocenters. The highest BCUT2D eigenvalue weighted by molar-refractivity contribution is 7.91. The molecule has 1 saturated heterocycles. The quantitative estimate of drug-likeness (QED) is 0.758. The summed E-state index contributed by atoms with van der Waals surface area (Å²) in [5.74, 6) is 1.87. The average Bonchev–Trinajstić information content (AvgIpc) is 2.99. The monoisotopic (exact) mass is 388 g/mol. The Kier molecular flexibility index (Phi) is 5.69. The molecule has 1 aromatic carbocycles. The molecule has 1 fully saturated rings. The third-order valence-electron chi connectivity index (χ3n) is 5.01. The molecule has 1 aliphatic heterocycles. The zero-order valence-corrected chi connectivity index (χ0v) is 17.3. The van der Waals surface area contributed by atoms with E-state index in [-0.39, 0.29) is 23.6 Å². The minimum absolute atomic E-state index is 0.0636. The second-order valence-electron chi connectivity index (χ2n) is 7.54. The molecule has 2 heterocycles. The van der Waals surface area contributed by atoms with Gasteiger partial charge in [0.1, 0.15) is 5.82 Å². The van der Waals surface area contributed by atoms with E-state index < -0.39 is 9.84 Å². The molecule has 7 heteroatoms. The van der Waals surface area contributed by atoms with Crippen molar-refractivity contribution in [3.63, 3.8) is 0 Å². The number of nitrogens with zero attached hydrogens (tertiary/aromatic N) is 4. The van der Waals surface area contributed by atoms with Gasteiger partial charge in [0, 0.05) is 37.4 Å². The van der Waals surface area contributed by atoms with Gasteiger partial charge >= 0.3 is 0 Å². The van der Waals surface area contributed by atoms with Crippen molar-refractivity contribution in [3.05, 3.63) is 47.7 Å². The molecule has 2 aromatic rings. The number of rotatable bonds is 6. The van der Waals surface area contributed by atoms with Crippen molar-refractivity contribution in [2.24, 2.45) is 0 Å². The second-order valence-corrected chi connectivity index (χ2v) is 9.77. The summed E-state index contributed by atoms with van der Waals surface area (Å²) in [6, 6.07) is 12.5. The Balaban J connectivity index is 1.88. The molecule has 27 heavy (non-hydrogen) atoms. The van der Waals surface area contributed by atoms with Gasteiger partial charge in [-0.2, -0.15) is 4.98 Å². The Labute approximate surface area is 162 Å². The largest absolute Gasteiger partial charge is 0.350 e. The molecular formula is C20H28N4O2S. The van der Waals surface area contributed by atoms with Crippen molar-refractivity contribution >= 4 is 21.6 Å². The van der Waals surface area contributed by atoms with E-state index in [2.05, 4.69) is 35.9 Å². The van der Waals surface area contributed by atoms with Crippen LogP contribution in [0.3, 0.4) is 0 Å². The fourth-order valence-corrected chi connectivity index (χ4v) is 5.17. The number of sulfone groups is 1. The molecule has 1 aromatic heterocycles. The lowest BCUT2D eigenvalue weighted by molar-refractivity contribution is 0.600. The third-order valence-corrected chi connectivity index (χ3v) is 6.76. The van der Waals surface area contributed by atoms with E-state index >= 15 is 0 Å². The summed E-state index contributed by atoms with van der Waals surface area (Å²) >= 11 is 0. The zero-order chi connectivity index (χ0) is 19.6. The summed E-state index contributed by atoms with van der Waals surface area (Å²) in [5, 5.41) is 0. The Morgan fingerprint density at radius 3 is 2.48 bits per heavy atom. The summed E-state index contributed by atoms with van der Waals surface area (Å²) < 4.78 is 23.7. The second kappa shape index (κ2) is 7.84. The van der Waals surface area contributed by atoms with E-state index in [1.54, 1.807) is 0 Å². The Morgan fingerprint density at radius 1 is 1.19 bits per heavy atom. The number of hydrogen-bond acceptors (Lipinski definition) is 6. The van der Waals surface area contributed by atoms with Gasteiger partial charge < -0.3 is 9.80 Å². The predicted octanol–water partition coefficient (Wildman–Crippen LogP) is 2.82. The van der Waals surface area contributed by atoms with Crippen LogP contribution in [0.15, 0.2) is 36.4 Å². The van der Waals surface area contributed by atoms with Gasteiger partial charge in [0.2, 0.25) is 5.95 Å². The standard InChI is InChI=1S/C20H28N4O2S/c1-15(2)24(13-17-8-6-5-7-9-17)19-12-16(3)21-20(22-19)23(4)18-10-11-27(25,26)14-18/h5-9,12,15,18H,10-11,13-14H2,1-4H3. The van der Waals surface area contributed by atoms with Crippen LogP contribution in [0.5, 0.6) is 0 Å². The molecular weight excluding hydrogens is 360 g/mol. The molecule has 0 N–H and O–H groups in total. The van der Waals surface area contributed by atoms with Crippen LogP contribution in [-0.4, -0.2) is 49.0 Å². The van der Waals surface area contributed by atoms with Crippen LogP contribution in [0.1, 0.15) is 31.5 Å². The van der Waals surface area contributed by atoms with Gasteiger partial charge in [0.15, 0.2) is 9.84 Å². The SMILES string of the molecule is Cc1cc(N(Cc2ccccc2)C(C)C)nc(N(C)C2CCS(=O)(=O)C2)n1.